The number of likely N-dealkylation sites (tertiary alicyclic amines) is 1. The average molecular weight is 351 g/mol. The third kappa shape index (κ3) is 3.10. The van der Waals surface area contributed by atoms with Crippen LogP contribution in [0.25, 0.3) is 11.5 Å². The third-order valence-corrected chi connectivity index (χ3v) is 4.75. The van der Waals surface area contributed by atoms with E-state index in [0.29, 0.717) is 25.3 Å². The molecule has 132 valence electrons. The molecule has 0 spiro atoms. The van der Waals surface area contributed by atoms with Crippen LogP contribution in [0.4, 0.5) is 4.39 Å². The van der Waals surface area contributed by atoms with Crippen LogP contribution in [0.15, 0.2) is 53.1 Å². The van der Waals surface area contributed by atoms with Gasteiger partial charge in [0.2, 0.25) is 5.91 Å². The van der Waals surface area contributed by atoms with Crippen molar-refractivity contribution >= 4 is 5.91 Å². The van der Waals surface area contributed by atoms with Crippen molar-refractivity contribution in [3.63, 3.8) is 0 Å². The molecule has 0 aliphatic carbocycles. The first-order chi connectivity index (χ1) is 12.6. The van der Waals surface area contributed by atoms with Crippen LogP contribution >= 0.6 is 0 Å². The number of amides is 1. The van der Waals surface area contributed by atoms with Gasteiger partial charge in [-0.1, -0.05) is 41.6 Å². The first kappa shape index (κ1) is 16.4. The number of halogens is 1. The molecule has 0 bridgehead atoms. The van der Waals surface area contributed by atoms with Crippen molar-refractivity contribution in [1.29, 1.82) is 0 Å². The Labute approximate surface area is 150 Å². The molecule has 1 saturated heterocycles. The summed E-state index contributed by atoms with van der Waals surface area (Å²) in [6.45, 7) is 3.14. The molecule has 2 aromatic carbocycles. The molecule has 1 amide bonds. The molecule has 1 aliphatic rings. The maximum Gasteiger partial charge on any atom is 0.260 e. The molecule has 1 atom stereocenters. The number of hydrogen-bond acceptors (Lipinski definition) is 4. The van der Waals surface area contributed by atoms with Crippen molar-refractivity contribution in [3.8, 4) is 11.5 Å². The Hall–Kier alpha value is -3.02. The van der Waals surface area contributed by atoms with Gasteiger partial charge in [-0.05, 0) is 30.2 Å². The van der Waals surface area contributed by atoms with Crippen molar-refractivity contribution < 1.29 is 13.7 Å². The summed E-state index contributed by atoms with van der Waals surface area (Å²) >= 11 is 0. The summed E-state index contributed by atoms with van der Waals surface area (Å²) in [6, 6.07) is 14.3. The van der Waals surface area contributed by atoms with E-state index in [2.05, 4.69) is 10.1 Å². The molecule has 2 heterocycles. The first-order valence-corrected chi connectivity index (χ1v) is 8.52. The minimum Gasteiger partial charge on any atom is -0.338 e. The zero-order valence-electron chi connectivity index (χ0n) is 14.4. The lowest BCUT2D eigenvalue weighted by Gasteiger charge is -2.17. The molecule has 3 aromatic rings. The van der Waals surface area contributed by atoms with Crippen LogP contribution in [0.3, 0.4) is 0 Å². The summed E-state index contributed by atoms with van der Waals surface area (Å²) in [7, 11) is 0. The molecule has 4 rings (SSSR count). The van der Waals surface area contributed by atoms with Gasteiger partial charge >= 0.3 is 0 Å². The lowest BCUT2D eigenvalue weighted by Crippen LogP contribution is -2.24. The zero-order chi connectivity index (χ0) is 18.1. The van der Waals surface area contributed by atoms with Crippen LogP contribution in [0.1, 0.15) is 29.3 Å². The van der Waals surface area contributed by atoms with Gasteiger partial charge in [-0.2, -0.15) is 4.98 Å². The molecule has 0 saturated carbocycles. The molecule has 1 fully saturated rings. The molecule has 5 nitrogen and oxygen atoms in total. The Morgan fingerprint density at radius 1 is 1.19 bits per heavy atom. The van der Waals surface area contributed by atoms with E-state index in [1.165, 1.54) is 6.07 Å². The van der Waals surface area contributed by atoms with Crippen molar-refractivity contribution in [2.75, 3.05) is 6.54 Å². The Balaban J connectivity index is 1.51. The standard InChI is InChI=1S/C20H18FN3O2/c1-13-6-2-3-7-14(13)11-24-12-15(10-18(24)25)19-22-20(26-23-19)16-8-4-5-9-17(16)21/h2-9,15H,10-12H2,1H3. The van der Waals surface area contributed by atoms with E-state index in [1.54, 1.807) is 18.2 Å². The molecule has 6 heteroatoms. The van der Waals surface area contributed by atoms with E-state index in [0.717, 1.165) is 11.1 Å². The highest BCUT2D eigenvalue weighted by atomic mass is 19.1. The predicted octanol–water partition coefficient (Wildman–Crippen LogP) is 3.70. The molecule has 0 radical (unpaired) electrons. The molecular weight excluding hydrogens is 333 g/mol. The number of carbonyl (C=O) groups is 1. The lowest BCUT2D eigenvalue weighted by atomic mass is 10.1. The van der Waals surface area contributed by atoms with Gasteiger partial charge in [-0.25, -0.2) is 4.39 Å². The average Bonchev–Trinajstić information content (AvgIpc) is 3.25. The van der Waals surface area contributed by atoms with Crippen molar-refractivity contribution in [3.05, 3.63) is 71.3 Å². The van der Waals surface area contributed by atoms with Crippen LogP contribution in [-0.4, -0.2) is 27.5 Å². The summed E-state index contributed by atoms with van der Waals surface area (Å²) in [5, 5.41) is 3.98. The minimum absolute atomic E-state index is 0.0653. The number of hydrogen-bond donors (Lipinski definition) is 0. The zero-order valence-corrected chi connectivity index (χ0v) is 14.4. The number of rotatable bonds is 4. The fourth-order valence-corrected chi connectivity index (χ4v) is 3.24. The molecule has 1 aromatic heterocycles. The van der Waals surface area contributed by atoms with E-state index in [-0.39, 0.29) is 23.3 Å². The quantitative estimate of drug-likeness (QED) is 0.719. The van der Waals surface area contributed by atoms with Gasteiger partial charge in [0.1, 0.15) is 5.82 Å². The van der Waals surface area contributed by atoms with Gasteiger partial charge in [0.15, 0.2) is 5.82 Å². The normalized spacial score (nSPS) is 17.1. The van der Waals surface area contributed by atoms with E-state index in [4.69, 9.17) is 4.52 Å². The second-order valence-corrected chi connectivity index (χ2v) is 6.54. The largest absolute Gasteiger partial charge is 0.338 e. The van der Waals surface area contributed by atoms with Gasteiger partial charge in [0.25, 0.3) is 5.89 Å². The Kier molecular flexibility index (Phi) is 4.24. The van der Waals surface area contributed by atoms with E-state index in [9.17, 15) is 9.18 Å². The van der Waals surface area contributed by atoms with Gasteiger partial charge in [-0.3, -0.25) is 4.79 Å². The highest BCUT2D eigenvalue weighted by molar-refractivity contribution is 5.79. The summed E-state index contributed by atoms with van der Waals surface area (Å²) in [4.78, 5) is 18.5. The molecule has 1 aliphatic heterocycles. The van der Waals surface area contributed by atoms with Crippen molar-refractivity contribution in [2.24, 2.45) is 0 Å². The van der Waals surface area contributed by atoms with Crippen LogP contribution in [-0.2, 0) is 11.3 Å². The monoisotopic (exact) mass is 351 g/mol. The number of aryl methyl sites for hydroxylation is 1. The Morgan fingerprint density at radius 3 is 2.77 bits per heavy atom. The Bertz CT molecular complexity index is 953. The van der Waals surface area contributed by atoms with Gasteiger partial charge in [0.05, 0.1) is 5.56 Å². The maximum absolute atomic E-state index is 13.9. The maximum atomic E-state index is 13.9. The second-order valence-electron chi connectivity index (χ2n) is 6.54. The number of nitrogens with zero attached hydrogens (tertiary/aromatic N) is 3. The van der Waals surface area contributed by atoms with Crippen molar-refractivity contribution in [1.82, 2.24) is 15.0 Å². The van der Waals surface area contributed by atoms with Crippen molar-refractivity contribution in [2.45, 2.75) is 25.8 Å². The minimum atomic E-state index is -0.411. The molecule has 26 heavy (non-hydrogen) atoms. The van der Waals surface area contributed by atoms with E-state index < -0.39 is 5.82 Å². The molecular formula is C20H18FN3O2. The van der Waals surface area contributed by atoms with Gasteiger partial charge < -0.3 is 9.42 Å². The smallest absolute Gasteiger partial charge is 0.260 e. The van der Waals surface area contributed by atoms with Crippen LogP contribution in [0.5, 0.6) is 0 Å². The summed E-state index contributed by atoms with van der Waals surface area (Å²) in [5.41, 5.74) is 2.55. The van der Waals surface area contributed by atoms with E-state index >= 15 is 0 Å². The number of aromatic nitrogens is 2. The summed E-state index contributed by atoms with van der Waals surface area (Å²) in [5.74, 6) is 0.101. The second kappa shape index (κ2) is 6.71. The molecule has 1 unspecified atom stereocenters. The predicted molar refractivity (Wildman–Crippen MR) is 93.6 cm³/mol. The van der Waals surface area contributed by atoms with Crippen LogP contribution < -0.4 is 0 Å². The number of carbonyl (C=O) groups excluding carboxylic acids is 1. The first-order valence-electron chi connectivity index (χ1n) is 8.52. The van der Waals surface area contributed by atoms with Gasteiger partial charge in [0, 0.05) is 25.4 Å². The fourth-order valence-electron chi connectivity index (χ4n) is 3.24. The topological polar surface area (TPSA) is 59.2 Å². The van der Waals surface area contributed by atoms with E-state index in [1.807, 2.05) is 36.1 Å². The molecule has 0 N–H and O–H groups in total. The highest BCUT2D eigenvalue weighted by Gasteiger charge is 2.34. The SMILES string of the molecule is Cc1ccccc1CN1CC(c2noc(-c3ccccc3F)n2)CC1=O. The highest BCUT2D eigenvalue weighted by Crippen LogP contribution is 2.30. The fraction of sp³-hybridized carbons (Fsp3) is 0.250. The lowest BCUT2D eigenvalue weighted by molar-refractivity contribution is -0.128. The van der Waals surface area contributed by atoms with Crippen LogP contribution in [0.2, 0.25) is 0 Å². The summed E-state index contributed by atoms with van der Waals surface area (Å²) < 4.78 is 19.1. The Morgan fingerprint density at radius 2 is 1.96 bits per heavy atom. The number of benzene rings is 2. The third-order valence-electron chi connectivity index (χ3n) is 4.75. The van der Waals surface area contributed by atoms with Gasteiger partial charge in [-0.15, -0.1) is 0 Å². The summed E-state index contributed by atoms with van der Waals surface area (Å²) in [6.07, 6.45) is 0.335. The van der Waals surface area contributed by atoms with Crippen LogP contribution in [0, 0.1) is 12.7 Å².